The van der Waals surface area contributed by atoms with Crippen LogP contribution < -0.4 is 0 Å². The molecular formula is C18H21NO2. The number of aliphatic hydroxyl groups is 1. The highest BCUT2D eigenvalue weighted by atomic mass is 16.3. The largest absolute Gasteiger partial charge is 0.378 e. The molecule has 3 heteroatoms. The zero-order valence-electron chi connectivity index (χ0n) is 12.6. The molecule has 1 fully saturated rings. The van der Waals surface area contributed by atoms with Gasteiger partial charge in [0.2, 0.25) is 0 Å². The Morgan fingerprint density at radius 2 is 2.29 bits per heavy atom. The molecule has 1 heterocycles. The summed E-state index contributed by atoms with van der Waals surface area (Å²) in [6, 6.07) is 7.25. The van der Waals surface area contributed by atoms with Crippen LogP contribution in [-0.4, -0.2) is 34.6 Å². The Bertz CT molecular complexity index is 602. The van der Waals surface area contributed by atoms with Gasteiger partial charge < -0.3 is 10.0 Å². The fourth-order valence-electron chi connectivity index (χ4n) is 2.30. The molecule has 0 radical (unpaired) electrons. The van der Waals surface area contributed by atoms with E-state index >= 15 is 0 Å². The third-order valence-corrected chi connectivity index (χ3v) is 3.47. The van der Waals surface area contributed by atoms with E-state index in [-0.39, 0.29) is 5.91 Å². The first kappa shape index (κ1) is 15.3. The van der Waals surface area contributed by atoms with Crippen LogP contribution in [0.3, 0.4) is 0 Å². The SMILES string of the molecule is C=CC1CCN(C(=O)c2cccc(C#CC(C)(C)O)c2)C1. The maximum Gasteiger partial charge on any atom is 0.253 e. The molecule has 0 aromatic heterocycles. The molecule has 0 saturated carbocycles. The van der Waals surface area contributed by atoms with Gasteiger partial charge in [0.25, 0.3) is 5.91 Å². The lowest BCUT2D eigenvalue weighted by Gasteiger charge is -2.16. The molecule has 0 bridgehead atoms. The van der Waals surface area contributed by atoms with Crippen molar-refractivity contribution >= 4 is 5.91 Å². The quantitative estimate of drug-likeness (QED) is 0.669. The first-order valence-electron chi connectivity index (χ1n) is 7.16. The van der Waals surface area contributed by atoms with Crippen LogP contribution >= 0.6 is 0 Å². The van der Waals surface area contributed by atoms with Gasteiger partial charge in [0.1, 0.15) is 5.60 Å². The molecule has 1 unspecified atom stereocenters. The summed E-state index contributed by atoms with van der Waals surface area (Å²) >= 11 is 0. The van der Waals surface area contributed by atoms with E-state index in [1.807, 2.05) is 23.1 Å². The van der Waals surface area contributed by atoms with E-state index in [9.17, 15) is 9.90 Å². The number of carbonyl (C=O) groups is 1. The van der Waals surface area contributed by atoms with Gasteiger partial charge >= 0.3 is 0 Å². The lowest BCUT2D eigenvalue weighted by Crippen LogP contribution is -2.28. The Hall–Kier alpha value is -2.05. The molecule has 1 atom stereocenters. The van der Waals surface area contributed by atoms with E-state index in [0.717, 1.165) is 25.1 Å². The Balaban J connectivity index is 2.15. The highest BCUT2D eigenvalue weighted by Crippen LogP contribution is 2.19. The summed E-state index contributed by atoms with van der Waals surface area (Å²) in [6.07, 6.45) is 2.89. The number of hydrogen-bond donors (Lipinski definition) is 1. The van der Waals surface area contributed by atoms with Crippen molar-refractivity contribution in [2.24, 2.45) is 5.92 Å². The molecule has 0 spiro atoms. The maximum absolute atomic E-state index is 12.5. The van der Waals surface area contributed by atoms with Crippen molar-refractivity contribution in [2.45, 2.75) is 25.9 Å². The third kappa shape index (κ3) is 4.21. The topological polar surface area (TPSA) is 40.5 Å². The minimum Gasteiger partial charge on any atom is -0.378 e. The average Bonchev–Trinajstić information content (AvgIpc) is 2.93. The fourth-order valence-corrected chi connectivity index (χ4v) is 2.30. The molecular weight excluding hydrogens is 262 g/mol. The maximum atomic E-state index is 12.5. The van der Waals surface area contributed by atoms with E-state index in [4.69, 9.17) is 0 Å². The lowest BCUT2D eigenvalue weighted by molar-refractivity contribution is 0.0789. The van der Waals surface area contributed by atoms with Crippen LogP contribution in [0.5, 0.6) is 0 Å². The third-order valence-electron chi connectivity index (χ3n) is 3.47. The van der Waals surface area contributed by atoms with E-state index in [1.54, 1.807) is 26.0 Å². The summed E-state index contributed by atoms with van der Waals surface area (Å²) in [5.74, 6) is 6.09. The van der Waals surface area contributed by atoms with Crippen molar-refractivity contribution in [3.63, 3.8) is 0 Å². The van der Waals surface area contributed by atoms with E-state index in [0.29, 0.717) is 11.5 Å². The van der Waals surface area contributed by atoms with Gasteiger partial charge in [-0.15, -0.1) is 6.58 Å². The molecule has 1 amide bonds. The summed E-state index contributed by atoms with van der Waals surface area (Å²) in [5, 5.41) is 9.63. The van der Waals surface area contributed by atoms with Crippen LogP contribution in [-0.2, 0) is 0 Å². The molecule has 3 nitrogen and oxygen atoms in total. The second kappa shape index (κ2) is 6.15. The predicted molar refractivity (Wildman–Crippen MR) is 83.8 cm³/mol. The van der Waals surface area contributed by atoms with Crippen LogP contribution in [0, 0.1) is 17.8 Å². The van der Waals surface area contributed by atoms with Gasteiger partial charge in [0.05, 0.1) is 0 Å². The van der Waals surface area contributed by atoms with Crippen molar-refractivity contribution in [3.8, 4) is 11.8 Å². The van der Waals surface area contributed by atoms with Crippen LogP contribution in [0.25, 0.3) is 0 Å². The van der Waals surface area contributed by atoms with Crippen LogP contribution in [0.1, 0.15) is 36.2 Å². The van der Waals surface area contributed by atoms with Crippen LogP contribution in [0.15, 0.2) is 36.9 Å². The zero-order chi connectivity index (χ0) is 15.5. The molecule has 2 rings (SSSR count). The number of likely N-dealkylation sites (tertiary alicyclic amines) is 1. The lowest BCUT2D eigenvalue weighted by atomic mass is 10.1. The molecule has 1 aliphatic rings. The van der Waals surface area contributed by atoms with Crippen molar-refractivity contribution < 1.29 is 9.90 Å². The second-order valence-electron chi connectivity index (χ2n) is 5.93. The minimum atomic E-state index is -1.04. The summed E-state index contributed by atoms with van der Waals surface area (Å²) in [5.41, 5.74) is 0.344. The molecule has 21 heavy (non-hydrogen) atoms. The number of carbonyl (C=O) groups excluding carboxylic acids is 1. The Morgan fingerprint density at radius 3 is 2.90 bits per heavy atom. The standard InChI is InChI=1S/C18H21NO2/c1-4-14-9-11-19(13-14)17(20)16-7-5-6-15(12-16)8-10-18(2,3)21/h4-7,12,14,21H,1,9,11,13H2,2-3H3. The van der Waals surface area contributed by atoms with Crippen molar-refractivity contribution in [2.75, 3.05) is 13.1 Å². The molecule has 0 aliphatic carbocycles. The summed E-state index contributed by atoms with van der Waals surface area (Å²) < 4.78 is 0. The highest BCUT2D eigenvalue weighted by Gasteiger charge is 2.25. The van der Waals surface area contributed by atoms with Crippen molar-refractivity contribution in [3.05, 3.63) is 48.0 Å². The molecule has 1 aromatic carbocycles. The Morgan fingerprint density at radius 1 is 1.52 bits per heavy atom. The van der Waals surface area contributed by atoms with Gasteiger partial charge in [-0.05, 0) is 44.4 Å². The Labute approximate surface area is 126 Å². The highest BCUT2D eigenvalue weighted by molar-refractivity contribution is 5.94. The van der Waals surface area contributed by atoms with Gasteiger partial charge in [0, 0.05) is 24.2 Å². The van der Waals surface area contributed by atoms with Gasteiger partial charge in [0.15, 0.2) is 0 Å². The first-order valence-corrected chi connectivity index (χ1v) is 7.16. The molecule has 110 valence electrons. The van der Waals surface area contributed by atoms with Gasteiger partial charge in [-0.1, -0.05) is 24.0 Å². The van der Waals surface area contributed by atoms with Crippen LogP contribution in [0.2, 0.25) is 0 Å². The van der Waals surface area contributed by atoms with E-state index in [2.05, 4.69) is 18.4 Å². The molecule has 1 N–H and O–H groups in total. The number of hydrogen-bond acceptors (Lipinski definition) is 2. The first-order chi connectivity index (χ1) is 9.89. The Kier molecular flexibility index (Phi) is 4.50. The van der Waals surface area contributed by atoms with E-state index in [1.165, 1.54) is 0 Å². The number of rotatable bonds is 2. The van der Waals surface area contributed by atoms with Gasteiger partial charge in [-0.25, -0.2) is 0 Å². The summed E-state index contributed by atoms with van der Waals surface area (Å²) in [4.78, 5) is 14.3. The average molecular weight is 283 g/mol. The van der Waals surface area contributed by atoms with Crippen molar-refractivity contribution in [1.29, 1.82) is 0 Å². The monoisotopic (exact) mass is 283 g/mol. The number of amides is 1. The van der Waals surface area contributed by atoms with Crippen LogP contribution in [0.4, 0.5) is 0 Å². The smallest absolute Gasteiger partial charge is 0.253 e. The number of benzene rings is 1. The van der Waals surface area contributed by atoms with Gasteiger partial charge in [-0.3, -0.25) is 4.79 Å². The zero-order valence-corrected chi connectivity index (χ0v) is 12.6. The van der Waals surface area contributed by atoms with E-state index < -0.39 is 5.60 Å². The van der Waals surface area contributed by atoms with Gasteiger partial charge in [-0.2, -0.15) is 0 Å². The normalized spacial score (nSPS) is 18.0. The molecule has 1 aromatic rings. The minimum absolute atomic E-state index is 0.0336. The second-order valence-corrected chi connectivity index (χ2v) is 5.93. The molecule has 1 aliphatic heterocycles. The summed E-state index contributed by atoms with van der Waals surface area (Å²) in [6.45, 7) is 8.57. The van der Waals surface area contributed by atoms with Crippen molar-refractivity contribution in [1.82, 2.24) is 4.90 Å². The summed E-state index contributed by atoms with van der Waals surface area (Å²) in [7, 11) is 0. The fraction of sp³-hybridized carbons (Fsp3) is 0.389. The number of nitrogens with zero attached hydrogens (tertiary/aromatic N) is 1. The predicted octanol–water partition coefficient (Wildman–Crippen LogP) is 2.46. The molecule has 1 saturated heterocycles.